The van der Waals surface area contributed by atoms with Crippen molar-refractivity contribution in [2.75, 3.05) is 5.73 Å². The number of nitrogen functional groups attached to an aromatic ring is 1. The van der Waals surface area contributed by atoms with Crippen molar-refractivity contribution in [3.63, 3.8) is 0 Å². The van der Waals surface area contributed by atoms with E-state index in [4.69, 9.17) is 10.8 Å². The summed E-state index contributed by atoms with van der Waals surface area (Å²) in [6.07, 6.45) is 9.10. The molecule has 0 aromatic carbocycles. The molecule has 0 aliphatic heterocycles. The predicted molar refractivity (Wildman–Crippen MR) is 79.0 cm³/mol. The second-order valence-electron chi connectivity index (χ2n) is 6.29. The second kappa shape index (κ2) is 4.33. The van der Waals surface area contributed by atoms with E-state index >= 15 is 0 Å². The van der Waals surface area contributed by atoms with Gasteiger partial charge in [-0.05, 0) is 48.8 Å². The molecule has 20 heavy (non-hydrogen) atoms. The molecule has 3 unspecified atom stereocenters. The first-order chi connectivity index (χ1) is 9.74. The van der Waals surface area contributed by atoms with E-state index < -0.39 is 0 Å². The highest BCUT2D eigenvalue weighted by Crippen LogP contribution is 2.54. The maximum atomic E-state index is 6.28. The number of hydrogen-bond acceptors (Lipinski definition) is 3. The topological polar surface area (TPSA) is 56.7 Å². The van der Waals surface area contributed by atoms with Crippen molar-refractivity contribution in [2.24, 2.45) is 18.9 Å². The Hall–Kier alpha value is -1.84. The van der Waals surface area contributed by atoms with Crippen molar-refractivity contribution in [1.29, 1.82) is 0 Å². The van der Waals surface area contributed by atoms with Gasteiger partial charge in [-0.25, -0.2) is 0 Å². The number of hydrogen-bond donors (Lipinski definition) is 1. The lowest BCUT2D eigenvalue weighted by Gasteiger charge is -2.21. The number of aryl methyl sites for hydroxylation is 1. The van der Waals surface area contributed by atoms with E-state index in [0.717, 1.165) is 28.8 Å². The Morgan fingerprint density at radius 2 is 2.00 bits per heavy atom. The molecule has 104 valence electrons. The first-order valence-electron chi connectivity index (χ1n) is 7.47. The Morgan fingerprint density at radius 3 is 2.65 bits per heavy atom. The van der Waals surface area contributed by atoms with Crippen LogP contribution in [0.15, 0.2) is 24.5 Å². The summed E-state index contributed by atoms with van der Waals surface area (Å²) in [5.74, 6) is 3.10. The molecule has 2 aromatic rings. The molecule has 2 aliphatic rings. The van der Waals surface area contributed by atoms with Gasteiger partial charge < -0.3 is 5.73 Å². The zero-order valence-electron chi connectivity index (χ0n) is 11.8. The number of rotatable bonds is 2. The maximum absolute atomic E-state index is 6.28. The summed E-state index contributed by atoms with van der Waals surface area (Å²) in [7, 11) is 1.94. The lowest BCUT2D eigenvalue weighted by molar-refractivity contribution is 0.411. The quantitative estimate of drug-likeness (QED) is 0.911. The molecule has 2 fully saturated rings. The summed E-state index contributed by atoms with van der Waals surface area (Å²) in [5.41, 5.74) is 9.77. The zero-order valence-corrected chi connectivity index (χ0v) is 11.8. The Balaban J connectivity index is 1.82. The van der Waals surface area contributed by atoms with E-state index in [1.165, 1.54) is 31.4 Å². The van der Waals surface area contributed by atoms with E-state index in [9.17, 15) is 0 Å². The molecule has 2 aliphatic carbocycles. The van der Waals surface area contributed by atoms with E-state index in [1.54, 1.807) is 0 Å². The Labute approximate surface area is 119 Å². The summed E-state index contributed by atoms with van der Waals surface area (Å²) < 4.78 is 1.83. The van der Waals surface area contributed by atoms with Crippen LogP contribution in [-0.2, 0) is 7.05 Å². The van der Waals surface area contributed by atoms with Gasteiger partial charge in [0.15, 0.2) is 0 Å². The average Bonchev–Trinajstić information content (AvgIpc) is 3.16. The molecule has 0 spiro atoms. The standard InChI is InChI=1S/C16H20N4/c1-20-16(17)14(11-4-6-18-7-5-11)15(19-20)13-9-10-2-3-12(13)8-10/h4-7,10,12-13H,2-3,8-9,17H2,1H3. The highest BCUT2D eigenvalue weighted by atomic mass is 15.3. The van der Waals surface area contributed by atoms with Crippen LogP contribution < -0.4 is 5.73 Å². The summed E-state index contributed by atoms with van der Waals surface area (Å²) in [6, 6.07) is 4.06. The minimum Gasteiger partial charge on any atom is -0.383 e. The molecule has 4 heteroatoms. The van der Waals surface area contributed by atoms with Crippen LogP contribution in [0.1, 0.15) is 37.3 Å². The number of aromatic nitrogens is 3. The van der Waals surface area contributed by atoms with Crippen molar-refractivity contribution < 1.29 is 0 Å². The third-order valence-corrected chi connectivity index (χ3v) is 5.18. The van der Waals surface area contributed by atoms with Crippen LogP contribution in [0.25, 0.3) is 11.1 Å². The van der Waals surface area contributed by atoms with E-state index in [0.29, 0.717) is 5.92 Å². The van der Waals surface area contributed by atoms with Gasteiger partial charge in [-0.1, -0.05) is 6.42 Å². The number of pyridine rings is 1. The van der Waals surface area contributed by atoms with Gasteiger partial charge in [0.05, 0.1) is 5.69 Å². The van der Waals surface area contributed by atoms with Crippen LogP contribution in [0.5, 0.6) is 0 Å². The van der Waals surface area contributed by atoms with Crippen molar-refractivity contribution in [1.82, 2.24) is 14.8 Å². The van der Waals surface area contributed by atoms with Crippen LogP contribution in [0, 0.1) is 11.8 Å². The molecule has 2 saturated carbocycles. The van der Waals surface area contributed by atoms with E-state index in [-0.39, 0.29) is 0 Å². The van der Waals surface area contributed by atoms with Crippen LogP contribution >= 0.6 is 0 Å². The normalized spacial score (nSPS) is 28.1. The van der Waals surface area contributed by atoms with Gasteiger partial charge >= 0.3 is 0 Å². The summed E-state index contributed by atoms with van der Waals surface area (Å²) >= 11 is 0. The van der Waals surface area contributed by atoms with E-state index in [2.05, 4.69) is 4.98 Å². The maximum Gasteiger partial charge on any atom is 0.129 e. The fourth-order valence-electron chi connectivity index (χ4n) is 4.21. The highest BCUT2D eigenvalue weighted by Gasteiger charge is 2.42. The fraction of sp³-hybridized carbons (Fsp3) is 0.500. The lowest BCUT2D eigenvalue weighted by atomic mass is 9.84. The first kappa shape index (κ1) is 11.9. The first-order valence-corrected chi connectivity index (χ1v) is 7.47. The Kier molecular flexibility index (Phi) is 2.59. The molecule has 2 N–H and O–H groups in total. The number of nitrogens with two attached hydrogens (primary N) is 1. The largest absolute Gasteiger partial charge is 0.383 e. The van der Waals surface area contributed by atoms with Gasteiger partial charge in [0, 0.05) is 30.9 Å². The van der Waals surface area contributed by atoms with Crippen molar-refractivity contribution in [2.45, 2.75) is 31.6 Å². The molecule has 2 aromatic heterocycles. The molecular weight excluding hydrogens is 248 g/mol. The molecule has 0 amide bonds. The molecular formula is C16H20N4. The van der Waals surface area contributed by atoms with Crippen LogP contribution in [-0.4, -0.2) is 14.8 Å². The average molecular weight is 268 g/mol. The molecule has 3 atom stereocenters. The lowest BCUT2D eigenvalue weighted by Crippen LogP contribution is -2.10. The van der Waals surface area contributed by atoms with E-state index in [1.807, 2.05) is 36.3 Å². The number of anilines is 1. The number of fused-ring (bicyclic) bond motifs is 2. The molecule has 2 heterocycles. The van der Waals surface area contributed by atoms with Crippen LogP contribution in [0.3, 0.4) is 0 Å². The smallest absolute Gasteiger partial charge is 0.129 e. The molecule has 4 rings (SSSR count). The minimum atomic E-state index is 0.598. The van der Waals surface area contributed by atoms with Crippen molar-refractivity contribution >= 4 is 5.82 Å². The highest BCUT2D eigenvalue weighted by molar-refractivity contribution is 5.77. The minimum absolute atomic E-state index is 0.598. The molecule has 4 nitrogen and oxygen atoms in total. The second-order valence-corrected chi connectivity index (χ2v) is 6.29. The third-order valence-electron chi connectivity index (χ3n) is 5.18. The van der Waals surface area contributed by atoms with Crippen LogP contribution in [0.2, 0.25) is 0 Å². The number of nitrogens with zero attached hydrogens (tertiary/aromatic N) is 3. The molecule has 2 bridgehead atoms. The molecule has 0 radical (unpaired) electrons. The van der Waals surface area contributed by atoms with Crippen molar-refractivity contribution in [3.05, 3.63) is 30.2 Å². The summed E-state index contributed by atoms with van der Waals surface area (Å²) in [4.78, 5) is 4.10. The van der Waals surface area contributed by atoms with Gasteiger partial charge in [-0.15, -0.1) is 0 Å². The monoisotopic (exact) mass is 268 g/mol. The van der Waals surface area contributed by atoms with Gasteiger partial charge in [0.25, 0.3) is 0 Å². The summed E-state index contributed by atoms with van der Waals surface area (Å²) in [6.45, 7) is 0. The van der Waals surface area contributed by atoms with Crippen LogP contribution in [0.4, 0.5) is 5.82 Å². The Bertz CT molecular complexity index is 631. The van der Waals surface area contributed by atoms with Gasteiger partial charge in [-0.3, -0.25) is 9.67 Å². The third kappa shape index (κ3) is 1.67. The van der Waals surface area contributed by atoms with Gasteiger partial charge in [0.1, 0.15) is 5.82 Å². The SMILES string of the molecule is Cn1nc(C2CC3CCC2C3)c(-c2ccncc2)c1N. The predicted octanol–water partition coefficient (Wildman–Crippen LogP) is 2.97. The van der Waals surface area contributed by atoms with Gasteiger partial charge in [0.2, 0.25) is 0 Å². The Morgan fingerprint density at radius 1 is 1.20 bits per heavy atom. The summed E-state index contributed by atoms with van der Waals surface area (Å²) in [5, 5.41) is 4.76. The van der Waals surface area contributed by atoms with Crippen molar-refractivity contribution in [3.8, 4) is 11.1 Å². The molecule has 0 saturated heterocycles. The zero-order chi connectivity index (χ0) is 13.7. The fourth-order valence-corrected chi connectivity index (χ4v) is 4.21. The van der Waals surface area contributed by atoms with Gasteiger partial charge in [-0.2, -0.15) is 5.10 Å².